The molecule has 0 unspecified atom stereocenters. The van der Waals surface area contributed by atoms with Crippen molar-refractivity contribution in [2.24, 2.45) is 0 Å². The van der Waals surface area contributed by atoms with Gasteiger partial charge in [-0.2, -0.15) is 0 Å². The average Bonchev–Trinajstić information content (AvgIpc) is 2.66. The van der Waals surface area contributed by atoms with Crippen LogP contribution in [0, 0.1) is 13.8 Å². The lowest BCUT2D eigenvalue weighted by Crippen LogP contribution is -1.91. The van der Waals surface area contributed by atoms with Crippen molar-refractivity contribution in [3.8, 4) is 0 Å². The molecule has 0 heterocycles. The molecule has 0 bridgehead atoms. The maximum absolute atomic E-state index is 2.42. The van der Waals surface area contributed by atoms with E-state index in [1.165, 1.54) is 42.4 Å². The van der Waals surface area contributed by atoms with Crippen LogP contribution in [0.1, 0.15) is 49.9 Å². The molecular weight excluding hydrogens is 180 g/mol. The zero-order valence-corrected chi connectivity index (χ0v) is 10.1. The van der Waals surface area contributed by atoms with E-state index >= 15 is 0 Å². The van der Waals surface area contributed by atoms with Gasteiger partial charge in [0.25, 0.3) is 0 Å². The summed E-state index contributed by atoms with van der Waals surface area (Å²) in [5, 5.41) is 0. The highest BCUT2D eigenvalue weighted by Gasteiger charge is 2.15. The predicted molar refractivity (Wildman–Crippen MR) is 69.2 cm³/mol. The Morgan fingerprint density at radius 2 is 1.93 bits per heavy atom. The van der Waals surface area contributed by atoms with E-state index < -0.39 is 0 Å². The van der Waals surface area contributed by atoms with Gasteiger partial charge in [0.15, 0.2) is 0 Å². The Morgan fingerprint density at radius 3 is 2.60 bits per heavy atom. The largest absolute Gasteiger partial charge is 0.0654 e. The molecule has 0 spiro atoms. The molecule has 0 aliphatic heterocycles. The first-order chi connectivity index (χ1) is 7.22. The van der Waals surface area contributed by atoms with Crippen molar-refractivity contribution in [2.75, 3.05) is 0 Å². The molecule has 0 radical (unpaired) electrons. The molecule has 0 heteroatoms. The number of benzene rings is 1. The Kier molecular flexibility index (Phi) is 2.95. The SMILES string of the molecule is CCCCC1=Cc2c(C)ccc(C)c2C1.[HH]. The van der Waals surface area contributed by atoms with Gasteiger partial charge in [0.05, 0.1) is 0 Å². The molecular formula is C15H22. The highest BCUT2D eigenvalue weighted by molar-refractivity contribution is 5.68. The smallest absolute Gasteiger partial charge is 0 e. The van der Waals surface area contributed by atoms with Crippen LogP contribution in [-0.4, -0.2) is 0 Å². The lowest BCUT2D eigenvalue weighted by atomic mass is 9.99. The van der Waals surface area contributed by atoms with Crippen LogP contribution in [0.4, 0.5) is 0 Å². The molecule has 2 rings (SSSR count). The van der Waals surface area contributed by atoms with E-state index in [1.807, 2.05) is 0 Å². The molecule has 1 aromatic carbocycles. The van der Waals surface area contributed by atoms with Crippen LogP contribution in [0.15, 0.2) is 17.7 Å². The molecule has 0 fully saturated rings. The van der Waals surface area contributed by atoms with Gasteiger partial charge in [-0.3, -0.25) is 0 Å². The summed E-state index contributed by atoms with van der Waals surface area (Å²) in [4.78, 5) is 0. The van der Waals surface area contributed by atoms with Crippen molar-refractivity contribution in [1.29, 1.82) is 0 Å². The number of allylic oxidation sites excluding steroid dienone is 1. The standard InChI is InChI=1S/C15H20.H2/c1-4-5-6-13-9-14-11(2)7-8-12(3)15(14)10-13;/h7-9H,4-6,10H2,1-3H3;1H. The zero-order valence-electron chi connectivity index (χ0n) is 10.1. The second kappa shape index (κ2) is 4.22. The minimum atomic E-state index is 0. The summed E-state index contributed by atoms with van der Waals surface area (Å²) in [6.45, 7) is 6.71. The van der Waals surface area contributed by atoms with Crippen LogP contribution in [0.5, 0.6) is 0 Å². The molecule has 0 amide bonds. The molecule has 15 heavy (non-hydrogen) atoms. The van der Waals surface area contributed by atoms with E-state index in [0.29, 0.717) is 0 Å². The number of unbranched alkanes of at least 4 members (excludes halogenated alkanes) is 1. The van der Waals surface area contributed by atoms with Gasteiger partial charge in [0.2, 0.25) is 0 Å². The van der Waals surface area contributed by atoms with Crippen molar-refractivity contribution in [3.05, 3.63) is 40.0 Å². The van der Waals surface area contributed by atoms with Gasteiger partial charge in [0, 0.05) is 1.43 Å². The molecule has 0 N–H and O–H groups in total. The van der Waals surface area contributed by atoms with Crippen molar-refractivity contribution in [1.82, 2.24) is 0 Å². The Bertz CT molecular complexity index is 402. The van der Waals surface area contributed by atoms with Crippen molar-refractivity contribution < 1.29 is 1.43 Å². The van der Waals surface area contributed by atoms with Gasteiger partial charge < -0.3 is 0 Å². The third kappa shape index (κ3) is 1.99. The lowest BCUT2D eigenvalue weighted by Gasteiger charge is -2.06. The maximum Gasteiger partial charge on any atom is 0 e. The molecule has 0 atom stereocenters. The van der Waals surface area contributed by atoms with Crippen LogP contribution in [-0.2, 0) is 6.42 Å². The van der Waals surface area contributed by atoms with Crippen LogP contribution in [0.2, 0.25) is 0 Å². The monoisotopic (exact) mass is 202 g/mol. The van der Waals surface area contributed by atoms with Gasteiger partial charge in [-0.05, 0) is 55.4 Å². The van der Waals surface area contributed by atoms with Crippen molar-refractivity contribution in [3.63, 3.8) is 0 Å². The van der Waals surface area contributed by atoms with Crippen LogP contribution in [0.25, 0.3) is 6.08 Å². The minimum Gasteiger partial charge on any atom is -0.0654 e. The number of rotatable bonds is 3. The second-order valence-corrected chi connectivity index (χ2v) is 4.67. The highest BCUT2D eigenvalue weighted by atomic mass is 14.2. The molecule has 1 aromatic rings. The quantitative estimate of drug-likeness (QED) is 0.667. The molecule has 1 aliphatic rings. The fraction of sp³-hybridized carbons (Fsp3) is 0.467. The topological polar surface area (TPSA) is 0 Å². The maximum atomic E-state index is 2.42. The van der Waals surface area contributed by atoms with Gasteiger partial charge >= 0.3 is 0 Å². The minimum absolute atomic E-state index is 0. The lowest BCUT2D eigenvalue weighted by molar-refractivity contribution is 0.779. The second-order valence-electron chi connectivity index (χ2n) is 4.67. The third-order valence-electron chi connectivity index (χ3n) is 3.41. The number of hydrogen-bond donors (Lipinski definition) is 0. The van der Waals surface area contributed by atoms with E-state index in [9.17, 15) is 0 Å². The van der Waals surface area contributed by atoms with Crippen LogP contribution in [0.3, 0.4) is 0 Å². The number of hydrogen-bond acceptors (Lipinski definition) is 0. The normalized spacial score (nSPS) is 13.9. The molecule has 0 saturated heterocycles. The summed E-state index contributed by atoms with van der Waals surface area (Å²) < 4.78 is 0. The number of fused-ring (bicyclic) bond motifs is 1. The summed E-state index contributed by atoms with van der Waals surface area (Å²) in [6.07, 6.45) is 7.53. The first kappa shape index (κ1) is 10.5. The van der Waals surface area contributed by atoms with Crippen LogP contribution >= 0.6 is 0 Å². The van der Waals surface area contributed by atoms with E-state index in [0.717, 1.165) is 0 Å². The van der Waals surface area contributed by atoms with Gasteiger partial charge in [-0.15, -0.1) is 0 Å². The highest BCUT2D eigenvalue weighted by Crippen LogP contribution is 2.32. The van der Waals surface area contributed by atoms with Gasteiger partial charge in [0.1, 0.15) is 0 Å². The Balaban J connectivity index is 0.00000128. The summed E-state index contributed by atoms with van der Waals surface area (Å²) in [5.74, 6) is 0. The zero-order chi connectivity index (χ0) is 10.8. The first-order valence-corrected chi connectivity index (χ1v) is 6.01. The van der Waals surface area contributed by atoms with Crippen molar-refractivity contribution >= 4 is 6.08 Å². The molecule has 82 valence electrons. The average molecular weight is 202 g/mol. The molecule has 1 aliphatic carbocycles. The van der Waals surface area contributed by atoms with Gasteiger partial charge in [-0.25, -0.2) is 0 Å². The first-order valence-electron chi connectivity index (χ1n) is 6.01. The summed E-state index contributed by atoms with van der Waals surface area (Å²) in [5.41, 5.74) is 7.59. The van der Waals surface area contributed by atoms with E-state index in [2.05, 4.69) is 39.0 Å². The molecule has 0 nitrogen and oxygen atoms in total. The van der Waals surface area contributed by atoms with E-state index in [1.54, 1.807) is 11.1 Å². The summed E-state index contributed by atoms with van der Waals surface area (Å²) in [7, 11) is 0. The summed E-state index contributed by atoms with van der Waals surface area (Å²) in [6, 6.07) is 4.50. The Labute approximate surface area is 94.5 Å². The predicted octanol–water partition coefficient (Wildman–Crippen LogP) is 4.68. The van der Waals surface area contributed by atoms with E-state index in [-0.39, 0.29) is 1.43 Å². The van der Waals surface area contributed by atoms with E-state index in [4.69, 9.17) is 0 Å². The number of aryl methyl sites for hydroxylation is 2. The third-order valence-corrected chi connectivity index (χ3v) is 3.41. The fourth-order valence-electron chi connectivity index (χ4n) is 2.37. The van der Waals surface area contributed by atoms with Crippen molar-refractivity contribution in [2.45, 2.75) is 46.5 Å². The Hall–Kier alpha value is -1.04. The summed E-state index contributed by atoms with van der Waals surface area (Å²) >= 11 is 0. The van der Waals surface area contributed by atoms with Gasteiger partial charge in [-0.1, -0.05) is 37.1 Å². The molecule has 0 aromatic heterocycles. The molecule has 0 saturated carbocycles. The van der Waals surface area contributed by atoms with Crippen LogP contribution < -0.4 is 0 Å². The Morgan fingerprint density at radius 1 is 1.20 bits per heavy atom. The fourth-order valence-corrected chi connectivity index (χ4v) is 2.37.